The number of carbonyl (C=O) groups excluding carboxylic acids is 1. The number of hydrogen-bond acceptors (Lipinski definition) is 4. The van der Waals surface area contributed by atoms with Crippen LogP contribution in [-0.4, -0.2) is 11.1 Å². The first-order valence-corrected chi connectivity index (χ1v) is 12.0. The van der Waals surface area contributed by atoms with E-state index in [0.717, 1.165) is 15.7 Å². The number of nitrogens with one attached hydrogen (secondary N) is 1. The first kappa shape index (κ1) is 22.8. The van der Waals surface area contributed by atoms with Crippen molar-refractivity contribution in [3.63, 3.8) is 0 Å². The van der Waals surface area contributed by atoms with Crippen molar-refractivity contribution >= 4 is 66.5 Å². The van der Waals surface area contributed by atoms with E-state index in [2.05, 4.69) is 42.2 Å². The minimum absolute atomic E-state index is 0.188. The first-order chi connectivity index (χ1) is 15.4. The van der Waals surface area contributed by atoms with E-state index < -0.39 is 0 Å². The molecule has 0 spiro atoms. The van der Waals surface area contributed by atoms with Gasteiger partial charge in [-0.25, -0.2) is 9.38 Å². The van der Waals surface area contributed by atoms with Crippen molar-refractivity contribution in [2.45, 2.75) is 13.5 Å². The second-order valence-corrected chi connectivity index (χ2v) is 9.84. The molecule has 1 amide bonds. The molecule has 1 aliphatic heterocycles. The number of halogens is 3. The van der Waals surface area contributed by atoms with Crippen LogP contribution in [0.15, 0.2) is 79.5 Å². The molecule has 162 valence electrons. The number of ether oxygens (including phenoxy) is 1. The molecule has 0 unspecified atom stereocenters. The predicted octanol–water partition coefficient (Wildman–Crippen LogP) is 7.13. The van der Waals surface area contributed by atoms with Gasteiger partial charge in [0, 0.05) is 10.0 Å². The molecule has 0 atom stereocenters. The Labute approximate surface area is 206 Å². The summed E-state index contributed by atoms with van der Waals surface area (Å²) in [6.07, 6.45) is 1.76. The van der Waals surface area contributed by atoms with Gasteiger partial charge in [0.1, 0.15) is 18.2 Å². The molecule has 1 heterocycles. The van der Waals surface area contributed by atoms with Gasteiger partial charge in [-0.3, -0.25) is 4.79 Å². The van der Waals surface area contributed by atoms with E-state index in [0.29, 0.717) is 31.4 Å². The predicted molar refractivity (Wildman–Crippen MR) is 135 cm³/mol. The highest BCUT2D eigenvalue weighted by Gasteiger charge is 2.24. The summed E-state index contributed by atoms with van der Waals surface area (Å²) in [5.74, 6) is 0.0121. The number of rotatable bonds is 5. The topological polar surface area (TPSA) is 50.7 Å². The Morgan fingerprint density at radius 2 is 1.91 bits per heavy atom. The highest BCUT2D eigenvalue weighted by atomic mass is 79.9. The molecule has 1 fully saturated rings. The van der Waals surface area contributed by atoms with Crippen molar-refractivity contribution in [2.75, 3.05) is 0 Å². The number of thioether (sulfide) groups is 1. The molecule has 1 N–H and O–H groups in total. The van der Waals surface area contributed by atoms with E-state index in [1.54, 1.807) is 18.2 Å². The number of amidine groups is 1. The van der Waals surface area contributed by atoms with E-state index in [-0.39, 0.29) is 18.3 Å². The molecule has 0 aromatic heterocycles. The Morgan fingerprint density at radius 1 is 1.12 bits per heavy atom. The molecule has 4 rings (SSSR count). The highest BCUT2D eigenvalue weighted by Crippen LogP contribution is 2.37. The van der Waals surface area contributed by atoms with Gasteiger partial charge < -0.3 is 10.1 Å². The molecule has 0 radical (unpaired) electrons. The standard InChI is InChI=1S/C24H17Br2FN2O2S/c1-14-5-7-19(8-6-14)28-24-29-23(30)21(32-24)11-16-10-17(25)12-20(26)22(16)31-13-15-3-2-4-18(27)9-15/h2-12H,13H2,1H3,(H,28,29,30)/b21-11-. The zero-order valence-corrected chi connectivity index (χ0v) is 20.9. The third-order valence-electron chi connectivity index (χ3n) is 4.51. The molecular weight excluding hydrogens is 559 g/mol. The van der Waals surface area contributed by atoms with Crippen LogP contribution < -0.4 is 10.1 Å². The lowest BCUT2D eigenvalue weighted by molar-refractivity contribution is -0.115. The normalized spacial score (nSPS) is 15.9. The molecular formula is C24H17Br2FN2O2S. The minimum atomic E-state index is -0.317. The molecule has 3 aromatic carbocycles. The van der Waals surface area contributed by atoms with Crippen LogP contribution in [0.1, 0.15) is 16.7 Å². The first-order valence-electron chi connectivity index (χ1n) is 9.60. The van der Waals surface area contributed by atoms with Crippen LogP contribution in [0.4, 0.5) is 10.1 Å². The maximum absolute atomic E-state index is 13.5. The maximum Gasteiger partial charge on any atom is 0.264 e. The minimum Gasteiger partial charge on any atom is -0.487 e. The van der Waals surface area contributed by atoms with Crippen LogP contribution >= 0.6 is 43.6 Å². The zero-order chi connectivity index (χ0) is 22.7. The summed E-state index contributed by atoms with van der Waals surface area (Å²) in [6.45, 7) is 2.20. The molecule has 1 saturated heterocycles. The van der Waals surface area contributed by atoms with Gasteiger partial charge in [-0.1, -0.05) is 45.8 Å². The van der Waals surface area contributed by atoms with Crippen molar-refractivity contribution in [2.24, 2.45) is 4.99 Å². The van der Waals surface area contributed by atoms with Crippen molar-refractivity contribution in [3.05, 3.63) is 97.0 Å². The van der Waals surface area contributed by atoms with Gasteiger partial charge in [0.2, 0.25) is 0 Å². The summed E-state index contributed by atoms with van der Waals surface area (Å²) in [6, 6.07) is 17.7. The lowest BCUT2D eigenvalue weighted by Gasteiger charge is -2.13. The highest BCUT2D eigenvalue weighted by molar-refractivity contribution is 9.11. The molecule has 1 aliphatic rings. The summed E-state index contributed by atoms with van der Waals surface area (Å²) in [5, 5.41) is 3.32. The summed E-state index contributed by atoms with van der Waals surface area (Å²) < 4.78 is 21.0. The number of aliphatic imine (C=N–C) groups is 1. The number of amides is 1. The molecule has 3 aromatic rings. The van der Waals surface area contributed by atoms with E-state index in [1.165, 1.54) is 23.9 Å². The van der Waals surface area contributed by atoms with Crippen molar-refractivity contribution in [1.29, 1.82) is 0 Å². The van der Waals surface area contributed by atoms with E-state index in [4.69, 9.17) is 4.74 Å². The van der Waals surface area contributed by atoms with Crippen molar-refractivity contribution in [1.82, 2.24) is 5.32 Å². The molecule has 32 heavy (non-hydrogen) atoms. The van der Waals surface area contributed by atoms with Crippen LogP contribution in [0.5, 0.6) is 5.75 Å². The molecule has 0 saturated carbocycles. The molecule has 4 nitrogen and oxygen atoms in total. The Balaban J connectivity index is 1.60. The largest absolute Gasteiger partial charge is 0.487 e. The fourth-order valence-electron chi connectivity index (χ4n) is 2.98. The molecule has 0 aliphatic carbocycles. The summed E-state index contributed by atoms with van der Waals surface area (Å²) in [4.78, 5) is 17.5. The van der Waals surface area contributed by atoms with Gasteiger partial charge in [0.25, 0.3) is 5.91 Å². The van der Waals surface area contributed by atoms with E-state index in [1.807, 2.05) is 43.3 Å². The van der Waals surface area contributed by atoms with Crippen LogP contribution in [0.25, 0.3) is 6.08 Å². The number of hydrogen-bond donors (Lipinski definition) is 1. The smallest absolute Gasteiger partial charge is 0.264 e. The second-order valence-electron chi connectivity index (χ2n) is 7.04. The third-order valence-corrected chi connectivity index (χ3v) is 6.47. The van der Waals surface area contributed by atoms with Crippen LogP contribution in [0.2, 0.25) is 0 Å². The molecule has 0 bridgehead atoms. The average Bonchev–Trinajstić information content (AvgIpc) is 3.07. The summed E-state index contributed by atoms with van der Waals surface area (Å²) in [7, 11) is 0. The lowest BCUT2D eigenvalue weighted by atomic mass is 10.1. The van der Waals surface area contributed by atoms with Crippen molar-refractivity contribution in [3.8, 4) is 5.75 Å². The number of carbonyl (C=O) groups is 1. The van der Waals surface area contributed by atoms with Crippen LogP contribution in [0, 0.1) is 12.7 Å². The summed E-state index contributed by atoms with van der Waals surface area (Å²) >= 11 is 8.27. The SMILES string of the molecule is Cc1ccc(N=C2NC(=O)/C(=C/c3cc(Br)cc(Br)c3OCc3cccc(F)c3)S2)cc1. The zero-order valence-electron chi connectivity index (χ0n) is 16.9. The number of benzene rings is 3. The Hall–Kier alpha value is -2.42. The van der Waals surface area contributed by atoms with Gasteiger partial charge in [0.15, 0.2) is 5.17 Å². The average molecular weight is 576 g/mol. The van der Waals surface area contributed by atoms with Crippen LogP contribution in [-0.2, 0) is 11.4 Å². The van der Waals surface area contributed by atoms with E-state index in [9.17, 15) is 9.18 Å². The second kappa shape index (κ2) is 10.0. The Morgan fingerprint density at radius 3 is 2.66 bits per heavy atom. The maximum atomic E-state index is 13.5. The monoisotopic (exact) mass is 574 g/mol. The third kappa shape index (κ3) is 5.68. The fourth-order valence-corrected chi connectivity index (χ4v) is 5.19. The van der Waals surface area contributed by atoms with Crippen molar-refractivity contribution < 1.29 is 13.9 Å². The fraction of sp³-hybridized carbons (Fsp3) is 0.0833. The van der Waals surface area contributed by atoms with Gasteiger partial charge in [-0.2, -0.15) is 0 Å². The lowest BCUT2D eigenvalue weighted by Crippen LogP contribution is -2.19. The number of nitrogens with zero attached hydrogens (tertiary/aromatic N) is 1. The summed E-state index contributed by atoms with van der Waals surface area (Å²) in [5.41, 5.74) is 3.32. The van der Waals surface area contributed by atoms with Gasteiger partial charge in [-0.15, -0.1) is 0 Å². The van der Waals surface area contributed by atoms with Gasteiger partial charge in [0.05, 0.1) is 15.1 Å². The van der Waals surface area contributed by atoms with Crippen LogP contribution in [0.3, 0.4) is 0 Å². The quantitative estimate of drug-likeness (QED) is 0.329. The Bertz CT molecular complexity index is 1240. The van der Waals surface area contributed by atoms with Gasteiger partial charge >= 0.3 is 0 Å². The number of aryl methyl sites for hydroxylation is 1. The van der Waals surface area contributed by atoms with E-state index >= 15 is 0 Å². The van der Waals surface area contributed by atoms with Gasteiger partial charge in [-0.05, 0) is 82.7 Å². The molecule has 8 heteroatoms. The Kier molecular flexibility index (Phi) is 7.13.